The minimum Gasteiger partial charge on any atom is -0.508 e. The molecular formula is C35H45F9O4. The molecule has 272 valence electrons. The lowest BCUT2D eigenvalue weighted by atomic mass is 9.52. The molecule has 13 heteroatoms. The van der Waals surface area contributed by atoms with E-state index >= 15 is 0 Å². The normalized spacial score (nSPS) is 26.9. The van der Waals surface area contributed by atoms with Gasteiger partial charge < -0.3 is 10.2 Å². The molecule has 1 aromatic carbocycles. The summed E-state index contributed by atoms with van der Waals surface area (Å²) < 4.78 is 118. The minimum atomic E-state index is -6.95. The molecule has 0 aliphatic heterocycles. The molecule has 0 saturated heterocycles. The van der Waals surface area contributed by atoms with E-state index in [1.54, 1.807) is 6.07 Å². The molecule has 6 atom stereocenters. The molecule has 0 radical (unpaired) electrons. The fraction of sp³-hybridized carbons (Fsp3) is 0.771. The summed E-state index contributed by atoms with van der Waals surface area (Å²) in [5, 5.41) is 19.5. The van der Waals surface area contributed by atoms with Crippen LogP contribution in [0.4, 0.5) is 39.5 Å². The summed E-state index contributed by atoms with van der Waals surface area (Å²) in [6.07, 6.45) is -0.607. The summed E-state index contributed by atoms with van der Waals surface area (Å²) in [5.41, 5.74) is 2.21. The highest BCUT2D eigenvalue weighted by Crippen LogP contribution is 2.62. The predicted molar refractivity (Wildman–Crippen MR) is 159 cm³/mol. The number of carbonyl (C=O) groups is 2. The number of unbranched alkanes of at least 4 members (excludes halogenated alkanes) is 5. The Bertz CT molecular complexity index is 1300. The van der Waals surface area contributed by atoms with E-state index in [1.807, 2.05) is 12.1 Å². The van der Waals surface area contributed by atoms with Crippen LogP contribution in [0.5, 0.6) is 5.75 Å². The summed E-state index contributed by atoms with van der Waals surface area (Å²) in [6, 6.07) is 5.65. The molecule has 0 spiro atoms. The number of phenols is 1. The average Bonchev–Trinajstić information content (AvgIpc) is 3.29. The maximum absolute atomic E-state index is 13.8. The van der Waals surface area contributed by atoms with Crippen molar-refractivity contribution in [2.45, 2.75) is 140 Å². The van der Waals surface area contributed by atoms with Crippen molar-refractivity contribution in [2.75, 3.05) is 0 Å². The molecule has 0 amide bonds. The van der Waals surface area contributed by atoms with Gasteiger partial charge in [-0.3, -0.25) is 9.59 Å². The highest BCUT2D eigenvalue weighted by molar-refractivity contribution is 5.87. The fourth-order valence-electron chi connectivity index (χ4n) is 8.86. The maximum atomic E-state index is 13.8. The molecule has 3 aliphatic carbocycles. The van der Waals surface area contributed by atoms with Crippen LogP contribution >= 0.6 is 0 Å². The van der Waals surface area contributed by atoms with Gasteiger partial charge in [0.05, 0.1) is 5.92 Å². The first-order chi connectivity index (χ1) is 22.2. The zero-order valence-electron chi connectivity index (χ0n) is 27.0. The van der Waals surface area contributed by atoms with Gasteiger partial charge >= 0.3 is 29.9 Å². The van der Waals surface area contributed by atoms with Gasteiger partial charge in [-0.15, -0.1) is 0 Å². The van der Waals surface area contributed by atoms with E-state index in [-0.39, 0.29) is 17.6 Å². The second-order valence-electron chi connectivity index (χ2n) is 14.5. The van der Waals surface area contributed by atoms with Gasteiger partial charge in [0.2, 0.25) is 0 Å². The number of fused-ring (bicyclic) bond motifs is 5. The van der Waals surface area contributed by atoms with Gasteiger partial charge in [-0.2, -0.15) is 39.5 Å². The van der Waals surface area contributed by atoms with E-state index in [0.717, 1.165) is 57.8 Å². The lowest BCUT2D eigenvalue weighted by Gasteiger charge is -2.51. The van der Waals surface area contributed by atoms with Gasteiger partial charge in [0.1, 0.15) is 11.5 Å². The molecule has 2 N–H and O–H groups in total. The molecule has 2 fully saturated rings. The number of phenolic OH excluding ortho intramolecular Hbond substituents is 1. The van der Waals surface area contributed by atoms with Gasteiger partial charge in [-0.25, -0.2) is 0 Å². The second-order valence-corrected chi connectivity index (χ2v) is 14.5. The number of carboxylic acids is 1. The average molecular weight is 701 g/mol. The molecule has 0 heterocycles. The highest BCUT2D eigenvalue weighted by atomic mass is 19.4. The number of Topliss-reactive ketones (excluding diaryl/α,β-unsaturated/α-hetero) is 1. The molecule has 4 nitrogen and oxygen atoms in total. The predicted octanol–water partition coefficient (Wildman–Crippen LogP) is 10.5. The molecule has 0 aromatic heterocycles. The third kappa shape index (κ3) is 7.49. The van der Waals surface area contributed by atoms with Crippen molar-refractivity contribution in [3.05, 3.63) is 29.3 Å². The molecule has 3 aliphatic rings. The molecule has 2 saturated carbocycles. The summed E-state index contributed by atoms with van der Waals surface area (Å²) in [7, 11) is 0. The van der Waals surface area contributed by atoms with Crippen LogP contribution in [0.1, 0.15) is 120 Å². The second kappa shape index (κ2) is 14.4. The Balaban J connectivity index is 1.21. The van der Waals surface area contributed by atoms with Crippen LogP contribution in [0.3, 0.4) is 0 Å². The van der Waals surface area contributed by atoms with E-state index in [9.17, 15) is 59.3 Å². The van der Waals surface area contributed by atoms with Gasteiger partial charge in [0, 0.05) is 18.3 Å². The number of hydrogen-bond donors (Lipinski definition) is 2. The smallest absolute Gasteiger partial charge is 0.460 e. The Kier molecular flexibility index (Phi) is 11.5. The van der Waals surface area contributed by atoms with Crippen LogP contribution in [-0.4, -0.2) is 45.9 Å². The van der Waals surface area contributed by atoms with Crippen molar-refractivity contribution in [3.8, 4) is 5.75 Å². The van der Waals surface area contributed by atoms with Crippen molar-refractivity contribution < 1.29 is 59.3 Å². The third-order valence-corrected chi connectivity index (χ3v) is 11.6. The van der Waals surface area contributed by atoms with E-state index in [1.165, 1.54) is 11.1 Å². The first kappa shape index (κ1) is 38.3. The molecule has 0 bridgehead atoms. The number of ketones is 1. The van der Waals surface area contributed by atoms with Crippen molar-refractivity contribution in [1.29, 1.82) is 0 Å². The minimum absolute atomic E-state index is 0.0340. The van der Waals surface area contributed by atoms with Crippen LogP contribution in [-0.2, 0) is 16.0 Å². The van der Waals surface area contributed by atoms with Crippen LogP contribution < -0.4 is 0 Å². The van der Waals surface area contributed by atoms with Gasteiger partial charge in [-0.05, 0) is 98.3 Å². The lowest BCUT2D eigenvalue weighted by Crippen LogP contribution is -2.60. The van der Waals surface area contributed by atoms with E-state index in [0.29, 0.717) is 48.7 Å². The fourth-order valence-corrected chi connectivity index (χ4v) is 8.86. The van der Waals surface area contributed by atoms with Crippen molar-refractivity contribution in [1.82, 2.24) is 0 Å². The van der Waals surface area contributed by atoms with Crippen molar-refractivity contribution in [3.63, 3.8) is 0 Å². The number of alkyl halides is 9. The molecule has 4 rings (SSSR count). The van der Waals surface area contributed by atoms with Gasteiger partial charge in [0.15, 0.2) is 0 Å². The number of aliphatic carboxylic acids is 1. The first-order valence-electron chi connectivity index (χ1n) is 17.0. The van der Waals surface area contributed by atoms with Crippen molar-refractivity contribution in [2.24, 2.45) is 29.1 Å². The number of carbonyl (C=O) groups excluding carboxylic acids is 1. The number of carboxylic acid groups (broad SMARTS) is 1. The number of benzene rings is 1. The SMILES string of the molecule is C[C@]12CCC3c4ccc(O)cc4CC(CCCCCCCCC(CCCC(F)(F)C(F)(F)C(F)(F)C(F)(F)F)C(=O)O)C3C1CCC2=O. The monoisotopic (exact) mass is 700 g/mol. The first-order valence-corrected chi connectivity index (χ1v) is 17.0. The maximum Gasteiger partial charge on any atom is 0.460 e. The summed E-state index contributed by atoms with van der Waals surface area (Å²) >= 11 is 0. The Morgan fingerprint density at radius 2 is 1.52 bits per heavy atom. The van der Waals surface area contributed by atoms with E-state index in [4.69, 9.17) is 0 Å². The number of rotatable bonds is 16. The van der Waals surface area contributed by atoms with E-state index < -0.39 is 55.1 Å². The standard InChI is InChI=1S/C35H45F9O4/c1-31-18-16-26-25-13-12-24(45)20-23(25)19-22(29(26)27(31)14-15-28(31)46)10-7-5-3-2-4-6-9-21(30(47)48)11-8-17-32(36,37)33(38,39)34(40,41)35(42,43)44/h12-13,20-22,26-27,29,45H,2-11,14-19H2,1H3,(H,47,48)/t21?,22?,26?,27?,29?,31-/m0/s1. The Labute approximate surface area is 274 Å². The summed E-state index contributed by atoms with van der Waals surface area (Å²) in [4.78, 5) is 24.4. The molecule has 1 aromatic rings. The quantitative estimate of drug-likeness (QED) is 0.133. The zero-order chi connectivity index (χ0) is 35.7. The topological polar surface area (TPSA) is 74.6 Å². The lowest BCUT2D eigenvalue weighted by molar-refractivity contribution is -0.396. The molecular weight excluding hydrogens is 655 g/mol. The number of halogens is 9. The summed E-state index contributed by atoms with van der Waals surface area (Å²) in [5.74, 6) is -19.8. The third-order valence-electron chi connectivity index (χ3n) is 11.6. The summed E-state index contributed by atoms with van der Waals surface area (Å²) in [6.45, 7) is 2.13. The van der Waals surface area contributed by atoms with Gasteiger partial charge in [-0.1, -0.05) is 51.5 Å². The van der Waals surface area contributed by atoms with Gasteiger partial charge in [0.25, 0.3) is 0 Å². The van der Waals surface area contributed by atoms with Crippen LogP contribution in [0.2, 0.25) is 0 Å². The van der Waals surface area contributed by atoms with E-state index in [2.05, 4.69) is 6.92 Å². The van der Waals surface area contributed by atoms with Crippen LogP contribution in [0.15, 0.2) is 18.2 Å². The highest BCUT2D eigenvalue weighted by Gasteiger charge is 2.81. The van der Waals surface area contributed by atoms with Crippen LogP contribution in [0, 0.1) is 29.1 Å². The number of aromatic hydroxyl groups is 1. The largest absolute Gasteiger partial charge is 0.508 e. The zero-order valence-corrected chi connectivity index (χ0v) is 27.0. The Morgan fingerprint density at radius 1 is 0.896 bits per heavy atom. The molecule has 5 unspecified atom stereocenters. The Morgan fingerprint density at radius 3 is 2.17 bits per heavy atom. The number of hydrogen-bond acceptors (Lipinski definition) is 3. The molecule has 48 heavy (non-hydrogen) atoms. The van der Waals surface area contributed by atoms with Crippen LogP contribution in [0.25, 0.3) is 0 Å². The van der Waals surface area contributed by atoms with Crippen molar-refractivity contribution >= 4 is 11.8 Å². The Hall–Kier alpha value is -2.47.